The quantitative estimate of drug-likeness (QED) is 0.646. The molecule has 0 saturated carbocycles. The molecule has 0 fully saturated rings. The van der Waals surface area contributed by atoms with Crippen LogP contribution in [0, 0.1) is 11.8 Å². The summed E-state index contributed by atoms with van der Waals surface area (Å²) in [6, 6.07) is 0. The SMILES string of the molecule is CCCC(CC(C)C)C(=O)C(=O)O. The molecule has 0 aromatic heterocycles. The van der Waals surface area contributed by atoms with Crippen LogP contribution in [0.2, 0.25) is 0 Å². The maximum absolute atomic E-state index is 11.2. The summed E-state index contributed by atoms with van der Waals surface area (Å²) in [5.74, 6) is -1.84. The van der Waals surface area contributed by atoms with Gasteiger partial charge in [-0.2, -0.15) is 0 Å². The number of carbonyl (C=O) groups excluding carboxylic acids is 1. The van der Waals surface area contributed by atoms with Crippen LogP contribution in [0.1, 0.15) is 40.0 Å². The van der Waals surface area contributed by atoms with Crippen molar-refractivity contribution < 1.29 is 14.7 Å². The van der Waals surface area contributed by atoms with Crippen molar-refractivity contribution >= 4 is 11.8 Å². The first kappa shape index (κ1) is 12.1. The smallest absolute Gasteiger partial charge is 0.372 e. The lowest BCUT2D eigenvalue weighted by molar-refractivity contribution is -0.151. The molecule has 1 atom stereocenters. The lowest BCUT2D eigenvalue weighted by Crippen LogP contribution is -2.24. The Bertz CT molecular complexity index is 185. The Balaban J connectivity index is 4.23. The topological polar surface area (TPSA) is 54.4 Å². The van der Waals surface area contributed by atoms with Gasteiger partial charge in [0, 0.05) is 5.92 Å². The normalized spacial score (nSPS) is 12.9. The van der Waals surface area contributed by atoms with Crippen LogP contribution in [0.3, 0.4) is 0 Å². The maximum atomic E-state index is 11.2. The van der Waals surface area contributed by atoms with Crippen molar-refractivity contribution in [3.05, 3.63) is 0 Å². The van der Waals surface area contributed by atoms with Gasteiger partial charge >= 0.3 is 5.97 Å². The summed E-state index contributed by atoms with van der Waals surface area (Å²) in [4.78, 5) is 21.6. The highest BCUT2D eigenvalue weighted by atomic mass is 16.4. The average molecular weight is 186 g/mol. The second-order valence-corrected chi connectivity index (χ2v) is 3.78. The van der Waals surface area contributed by atoms with Gasteiger partial charge < -0.3 is 5.11 Å². The van der Waals surface area contributed by atoms with E-state index < -0.39 is 11.8 Å². The minimum Gasteiger partial charge on any atom is -0.475 e. The van der Waals surface area contributed by atoms with Crippen molar-refractivity contribution in [2.75, 3.05) is 0 Å². The van der Waals surface area contributed by atoms with Crippen LogP contribution in [0.25, 0.3) is 0 Å². The zero-order valence-electron chi connectivity index (χ0n) is 8.54. The third-order valence-electron chi connectivity index (χ3n) is 1.97. The minimum atomic E-state index is -1.29. The molecule has 0 aliphatic rings. The van der Waals surface area contributed by atoms with Gasteiger partial charge in [0.05, 0.1) is 0 Å². The lowest BCUT2D eigenvalue weighted by atomic mass is 9.89. The summed E-state index contributed by atoms with van der Waals surface area (Å²) in [7, 11) is 0. The number of Topliss-reactive ketones (excluding diaryl/α,β-unsaturated/α-hetero) is 1. The van der Waals surface area contributed by atoms with Gasteiger partial charge in [0.1, 0.15) is 0 Å². The molecule has 3 heteroatoms. The Kier molecular flexibility index (Phi) is 5.35. The van der Waals surface area contributed by atoms with Crippen LogP contribution >= 0.6 is 0 Å². The Morgan fingerprint density at radius 1 is 1.31 bits per heavy atom. The first-order valence-electron chi connectivity index (χ1n) is 4.76. The molecule has 1 unspecified atom stereocenters. The Hall–Kier alpha value is -0.860. The molecule has 0 radical (unpaired) electrons. The van der Waals surface area contributed by atoms with E-state index in [4.69, 9.17) is 5.11 Å². The lowest BCUT2D eigenvalue weighted by Gasteiger charge is -2.14. The van der Waals surface area contributed by atoms with Crippen molar-refractivity contribution in [2.24, 2.45) is 11.8 Å². The third kappa shape index (κ3) is 4.65. The van der Waals surface area contributed by atoms with Crippen LogP contribution in [0.5, 0.6) is 0 Å². The van der Waals surface area contributed by atoms with Gasteiger partial charge in [-0.25, -0.2) is 4.79 Å². The average Bonchev–Trinajstić information content (AvgIpc) is 2.01. The van der Waals surface area contributed by atoms with Crippen molar-refractivity contribution in [1.82, 2.24) is 0 Å². The second kappa shape index (κ2) is 5.73. The molecule has 0 aromatic carbocycles. The highest BCUT2D eigenvalue weighted by Gasteiger charge is 2.24. The molecular weight excluding hydrogens is 168 g/mol. The number of hydrogen-bond donors (Lipinski definition) is 1. The summed E-state index contributed by atoms with van der Waals surface area (Å²) in [6.07, 6.45) is 2.22. The number of carboxylic acids is 1. The molecule has 0 saturated heterocycles. The maximum Gasteiger partial charge on any atom is 0.372 e. The van der Waals surface area contributed by atoms with E-state index in [9.17, 15) is 9.59 Å². The number of ketones is 1. The molecular formula is C10H18O3. The molecule has 0 rings (SSSR count). The fraction of sp³-hybridized carbons (Fsp3) is 0.800. The molecule has 13 heavy (non-hydrogen) atoms. The van der Waals surface area contributed by atoms with Gasteiger partial charge in [-0.05, 0) is 18.8 Å². The van der Waals surface area contributed by atoms with Crippen LogP contribution in [-0.4, -0.2) is 16.9 Å². The van der Waals surface area contributed by atoms with Gasteiger partial charge in [-0.3, -0.25) is 4.79 Å². The van der Waals surface area contributed by atoms with E-state index in [0.29, 0.717) is 18.8 Å². The van der Waals surface area contributed by atoms with Gasteiger partial charge in [-0.15, -0.1) is 0 Å². The van der Waals surface area contributed by atoms with E-state index in [1.807, 2.05) is 20.8 Å². The molecule has 0 aliphatic carbocycles. The Morgan fingerprint density at radius 2 is 1.85 bits per heavy atom. The molecule has 0 heterocycles. The Labute approximate surface area is 79.1 Å². The van der Waals surface area contributed by atoms with Gasteiger partial charge in [0.15, 0.2) is 0 Å². The zero-order chi connectivity index (χ0) is 10.4. The molecule has 0 spiro atoms. The van der Waals surface area contributed by atoms with Gasteiger partial charge in [0.25, 0.3) is 0 Å². The van der Waals surface area contributed by atoms with E-state index in [1.54, 1.807) is 0 Å². The van der Waals surface area contributed by atoms with E-state index in [0.717, 1.165) is 6.42 Å². The summed E-state index contributed by atoms with van der Waals surface area (Å²) in [5, 5.41) is 8.54. The monoisotopic (exact) mass is 186 g/mol. The fourth-order valence-electron chi connectivity index (χ4n) is 1.45. The summed E-state index contributed by atoms with van der Waals surface area (Å²) >= 11 is 0. The molecule has 0 aliphatic heterocycles. The fourth-order valence-corrected chi connectivity index (χ4v) is 1.45. The van der Waals surface area contributed by atoms with E-state index >= 15 is 0 Å². The third-order valence-corrected chi connectivity index (χ3v) is 1.97. The first-order valence-corrected chi connectivity index (χ1v) is 4.76. The van der Waals surface area contributed by atoms with Crippen molar-refractivity contribution in [3.8, 4) is 0 Å². The minimum absolute atomic E-state index is 0.289. The molecule has 3 nitrogen and oxygen atoms in total. The number of rotatable bonds is 6. The molecule has 76 valence electrons. The predicted octanol–water partition coefficient (Wildman–Crippen LogP) is 2.10. The van der Waals surface area contributed by atoms with Crippen LogP contribution < -0.4 is 0 Å². The number of aliphatic carboxylic acids is 1. The first-order chi connectivity index (χ1) is 5.99. The van der Waals surface area contributed by atoms with Gasteiger partial charge in [0.2, 0.25) is 5.78 Å². The zero-order valence-corrected chi connectivity index (χ0v) is 8.54. The summed E-state index contributed by atoms with van der Waals surface area (Å²) < 4.78 is 0. The van der Waals surface area contributed by atoms with E-state index in [1.165, 1.54) is 0 Å². The molecule has 0 aromatic rings. The number of hydrogen-bond acceptors (Lipinski definition) is 2. The van der Waals surface area contributed by atoms with Crippen LogP contribution in [0.4, 0.5) is 0 Å². The van der Waals surface area contributed by atoms with Crippen molar-refractivity contribution in [3.63, 3.8) is 0 Å². The largest absolute Gasteiger partial charge is 0.475 e. The Morgan fingerprint density at radius 3 is 2.15 bits per heavy atom. The summed E-state index contributed by atoms with van der Waals surface area (Å²) in [6.45, 7) is 5.96. The standard InChI is InChI=1S/C10H18O3/c1-4-5-8(6-7(2)3)9(11)10(12)13/h7-8H,4-6H2,1-3H3,(H,12,13). The van der Waals surface area contributed by atoms with Crippen molar-refractivity contribution in [1.29, 1.82) is 0 Å². The molecule has 1 N–H and O–H groups in total. The summed E-state index contributed by atoms with van der Waals surface area (Å²) in [5.41, 5.74) is 0. The van der Waals surface area contributed by atoms with E-state index in [-0.39, 0.29) is 5.92 Å². The highest BCUT2D eigenvalue weighted by molar-refractivity contribution is 6.33. The van der Waals surface area contributed by atoms with E-state index in [2.05, 4.69) is 0 Å². The molecule has 0 amide bonds. The van der Waals surface area contributed by atoms with Gasteiger partial charge in [-0.1, -0.05) is 27.2 Å². The molecule has 0 bridgehead atoms. The second-order valence-electron chi connectivity index (χ2n) is 3.78. The van der Waals surface area contributed by atoms with Crippen molar-refractivity contribution in [2.45, 2.75) is 40.0 Å². The number of carboxylic acid groups (broad SMARTS) is 1. The van der Waals surface area contributed by atoms with Crippen LogP contribution in [0.15, 0.2) is 0 Å². The number of carbonyl (C=O) groups is 2. The van der Waals surface area contributed by atoms with Crippen LogP contribution in [-0.2, 0) is 9.59 Å². The highest BCUT2D eigenvalue weighted by Crippen LogP contribution is 2.18. The predicted molar refractivity (Wildman–Crippen MR) is 50.5 cm³/mol.